The van der Waals surface area contributed by atoms with Gasteiger partial charge in [0.2, 0.25) is 10.0 Å². The van der Waals surface area contributed by atoms with E-state index in [1.54, 1.807) is 13.0 Å². The van der Waals surface area contributed by atoms with E-state index in [1.807, 2.05) is 0 Å². The van der Waals surface area contributed by atoms with Crippen LogP contribution in [-0.4, -0.2) is 25.5 Å². The van der Waals surface area contributed by atoms with Gasteiger partial charge in [0, 0.05) is 6.04 Å². The fourth-order valence-corrected chi connectivity index (χ4v) is 5.12. The summed E-state index contributed by atoms with van der Waals surface area (Å²) in [6.07, 6.45) is 1.53. The summed E-state index contributed by atoms with van der Waals surface area (Å²) < 4.78 is 27.4. The second kappa shape index (κ2) is 5.76. The maximum absolute atomic E-state index is 12.5. The van der Waals surface area contributed by atoms with Crippen molar-refractivity contribution in [1.82, 2.24) is 4.72 Å². The van der Waals surface area contributed by atoms with Crippen LogP contribution in [0.15, 0.2) is 23.1 Å². The Labute approximate surface area is 133 Å². The van der Waals surface area contributed by atoms with Crippen molar-refractivity contribution in [3.8, 4) is 0 Å². The third kappa shape index (κ3) is 3.04. The number of sulfonamides is 1. The second-order valence-corrected chi connectivity index (χ2v) is 7.80. The number of hydrogen-bond acceptors (Lipinski definition) is 3. The quantitative estimate of drug-likeness (QED) is 0.873. The third-order valence-corrected chi connectivity index (χ3v) is 6.36. The van der Waals surface area contributed by atoms with Gasteiger partial charge in [-0.3, -0.25) is 4.79 Å². The summed E-state index contributed by atoms with van der Waals surface area (Å²) in [6.45, 7) is 1.55. The molecule has 0 saturated heterocycles. The summed E-state index contributed by atoms with van der Waals surface area (Å²) in [5.41, 5.74) is -1.12. The minimum absolute atomic E-state index is 0.00465. The molecule has 0 radical (unpaired) electrons. The molecule has 1 aromatic rings. The van der Waals surface area contributed by atoms with E-state index in [2.05, 4.69) is 4.72 Å². The number of rotatable bonds is 4. The first-order valence-corrected chi connectivity index (χ1v) is 8.62. The minimum atomic E-state index is -3.99. The molecule has 1 saturated carbocycles. The first-order chi connectivity index (χ1) is 9.68. The van der Waals surface area contributed by atoms with Crippen molar-refractivity contribution in [2.24, 2.45) is 5.41 Å². The Morgan fingerprint density at radius 3 is 2.48 bits per heavy atom. The average molecular weight is 352 g/mol. The number of nitrogens with one attached hydrogen (secondary N) is 1. The Balaban J connectivity index is 2.37. The molecule has 0 spiro atoms. The third-order valence-electron chi connectivity index (χ3n) is 3.93. The molecule has 2 atom stereocenters. The highest BCUT2D eigenvalue weighted by Crippen LogP contribution is 2.39. The van der Waals surface area contributed by atoms with Gasteiger partial charge in [-0.25, -0.2) is 13.1 Å². The van der Waals surface area contributed by atoms with Gasteiger partial charge in [-0.1, -0.05) is 35.7 Å². The smallest absolute Gasteiger partial charge is 0.310 e. The van der Waals surface area contributed by atoms with Gasteiger partial charge in [0.1, 0.15) is 4.90 Å². The predicted octanol–water partition coefficient (Wildman–Crippen LogP) is 2.92. The molecule has 1 aliphatic rings. The number of benzene rings is 1. The van der Waals surface area contributed by atoms with Crippen LogP contribution in [0.5, 0.6) is 0 Å². The number of aliphatic carboxylic acids is 1. The van der Waals surface area contributed by atoms with Gasteiger partial charge in [0.25, 0.3) is 0 Å². The Morgan fingerprint density at radius 2 is 1.95 bits per heavy atom. The number of carboxylic acids is 1. The summed E-state index contributed by atoms with van der Waals surface area (Å²) in [7, 11) is -3.99. The van der Waals surface area contributed by atoms with Crippen LogP contribution in [0.2, 0.25) is 10.0 Å². The molecule has 1 aromatic carbocycles. The Bertz CT molecular complexity index is 656. The lowest BCUT2D eigenvalue weighted by Crippen LogP contribution is -2.47. The summed E-state index contributed by atoms with van der Waals surface area (Å²) in [5, 5.41) is 9.34. The lowest BCUT2D eigenvalue weighted by atomic mass is 9.85. The lowest BCUT2D eigenvalue weighted by Gasteiger charge is -2.27. The molecule has 2 unspecified atom stereocenters. The molecule has 1 fully saturated rings. The fraction of sp³-hybridized carbons (Fsp3) is 0.462. The van der Waals surface area contributed by atoms with Crippen molar-refractivity contribution in [2.45, 2.75) is 37.1 Å². The van der Waals surface area contributed by atoms with Crippen LogP contribution in [0.1, 0.15) is 26.2 Å². The molecule has 5 nitrogen and oxygen atoms in total. The zero-order valence-corrected chi connectivity index (χ0v) is 13.6. The zero-order chi connectivity index (χ0) is 15.8. The molecule has 21 heavy (non-hydrogen) atoms. The van der Waals surface area contributed by atoms with Crippen LogP contribution in [0.25, 0.3) is 0 Å². The molecular weight excluding hydrogens is 337 g/mol. The molecule has 2 rings (SSSR count). The minimum Gasteiger partial charge on any atom is -0.481 e. The number of halogens is 2. The standard InChI is InChI=1S/C13H15Cl2NO4S/c1-13(12(17)18)7-3-6-10(13)16-21(19,20)11-8(14)4-2-5-9(11)15/h2,4-5,10,16H,3,6-7H2,1H3,(H,17,18). The van der Waals surface area contributed by atoms with Gasteiger partial charge in [0.15, 0.2) is 0 Å². The molecule has 2 N–H and O–H groups in total. The number of carbonyl (C=O) groups is 1. The van der Waals surface area contributed by atoms with E-state index in [9.17, 15) is 18.3 Å². The molecule has 0 amide bonds. The van der Waals surface area contributed by atoms with Crippen molar-refractivity contribution in [3.05, 3.63) is 28.2 Å². The Kier molecular flexibility index (Phi) is 4.54. The van der Waals surface area contributed by atoms with Crippen LogP contribution in [-0.2, 0) is 14.8 Å². The SMILES string of the molecule is CC1(C(=O)O)CCCC1NS(=O)(=O)c1c(Cl)cccc1Cl. The van der Waals surface area contributed by atoms with Crippen molar-refractivity contribution in [3.63, 3.8) is 0 Å². The van der Waals surface area contributed by atoms with Gasteiger partial charge < -0.3 is 5.11 Å². The highest BCUT2D eigenvalue weighted by atomic mass is 35.5. The van der Waals surface area contributed by atoms with E-state index in [-0.39, 0.29) is 14.9 Å². The van der Waals surface area contributed by atoms with Crippen LogP contribution in [0.3, 0.4) is 0 Å². The van der Waals surface area contributed by atoms with Crippen LogP contribution >= 0.6 is 23.2 Å². The van der Waals surface area contributed by atoms with E-state index < -0.39 is 27.4 Å². The van der Waals surface area contributed by atoms with E-state index in [4.69, 9.17) is 23.2 Å². The summed E-state index contributed by atoms with van der Waals surface area (Å²) in [6, 6.07) is 3.70. The number of carboxylic acid groups (broad SMARTS) is 1. The van der Waals surface area contributed by atoms with Crippen molar-refractivity contribution in [2.75, 3.05) is 0 Å². The van der Waals surface area contributed by atoms with Gasteiger partial charge in [-0.2, -0.15) is 0 Å². The summed E-state index contributed by atoms with van der Waals surface area (Å²) in [5.74, 6) is -1.02. The van der Waals surface area contributed by atoms with Crippen molar-refractivity contribution < 1.29 is 18.3 Å². The van der Waals surface area contributed by atoms with Crippen LogP contribution < -0.4 is 4.72 Å². The van der Waals surface area contributed by atoms with E-state index in [0.29, 0.717) is 19.3 Å². The monoisotopic (exact) mass is 351 g/mol. The molecule has 0 aliphatic heterocycles. The van der Waals surface area contributed by atoms with Crippen LogP contribution in [0, 0.1) is 5.41 Å². The summed E-state index contributed by atoms with van der Waals surface area (Å²) >= 11 is 11.8. The largest absolute Gasteiger partial charge is 0.481 e. The molecule has 0 heterocycles. The summed E-state index contributed by atoms with van der Waals surface area (Å²) in [4.78, 5) is 11.2. The first kappa shape index (κ1) is 16.5. The maximum atomic E-state index is 12.5. The molecule has 8 heteroatoms. The lowest BCUT2D eigenvalue weighted by molar-refractivity contribution is -0.148. The average Bonchev–Trinajstić information content (AvgIpc) is 2.71. The highest BCUT2D eigenvalue weighted by Gasteiger charge is 2.47. The van der Waals surface area contributed by atoms with E-state index >= 15 is 0 Å². The molecule has 0 aromatic heterocycles. The van der Waals surface area contributed by atoms with Gasteiger partial charge in [-0.15, -0.1) is 0 Å². The highest BCUT2D eigenvalue weighted by molar-refractivity contribution is 7.89. The van der Waals surface area contributed by atoms with Crippen molar-refractivity contribution >= 4 is 39.2 Å². The second-order valence-electron chi connectivity index (χ2n) is 5.34. The molecular formula is C13H15Cl2NO4S. The Morgan fingerprint density at radius 1 is 1.38 bits per heavy atom. The Hall–Kier alpha value is -0.820. The number of hydrogen-bond donors (Lipinski definition) is 2. The predicted molar refractivity (Wildman–Crippen MR) is 80.2 cm³/mol. The topological polar surface area (TPSA) is 83.5 Å². The van der Waals surface area contributed by atoms with Crippen molar-refractivity contribution in [1.29, 1.82) is 0 Å². The fourth-order valence-electron chi connectivity index (χ4n) is 2.60. The maximum Gasteiger partial charge on any atom is 0.310 e. The van der Waals surface area contributed by atoms with E-state index in [1.165, 1.54) is 12.1 Å². The molecule has 0 bridgehead atoms. The molecule has 116 valence electrons. The normalized spacial score (nSPS) is 26.0. The zero-order valence-electron chi connectivity index (χ0n) is 11.3. The molecule has 1 aliphatic carbocycles. The first-order valence-electron chi connectivity index (χ1n) is 6.38. The van der Waals surface area contributed by atoms with Gasteiger partial charge in [-0.05, 0) is 31.9 Å². The van der Waals surface area contributed by atoms with Gasteiger partial charge >= 0.3 is 5.97 Å². The van der Waals surface area contributed by atoms with E-state index in [0.717, 1.165) is 0 Å². The van der Waals surface area contributed by atoms with Crippen LogP contribution in [0.4, 0.5) is 0 Å². The van der Waals surface area contributed by atoms with Gasteiger partial charge in [0.05, 0.1) is 15.5 Å².